The Morgan fingerprint density at radius 1 is 0.347 bits per heavy atom. The molecule has 1 heteroatoms. The van der Waals surface area contributed by atoms with Crippen molar-refractivity contribution in [1.29, 1.82) is 0 Å². The number of hydrogen-bond donors (Lipinski definition) is 0. The third-order valence-electron chi connectivity index (χ3n) is 18.3. The van der Waals surface area contributed by atoms with E-state index in [1.165, 1.54) is 154 Å². The van der Waals surface area contributed by atoms with E-state index < -0.39 is 5.41 Å². The minimum Gasteiger partial charge on any atom is -0.310 e. The number of nitrogens with zero attached hydrogens (tertiary/aromatic N) is 1. The molecule has 352 valence electrons. The molecule has 0 aromatic heterocycles. The van der Waals surface area contributed by atoms with E-state index in [2.05, 4.69) is 229 Å². The maximum atomic E-state index is 2.58. The molecule has 0 amide bonds. The van der Waals surface area contributed by atoms with Crippen LogP contribution in [0, 0.1) is 17.8 Å². The van der Waals surface area contributed by atoms with E-state index in [1.807, 2.05) is 0 Å². The Bertz CT molecular complexity index is 3310. The smallest absolute Gasteiger partial charge is 0.0714 e. The second-order valence-corrected chi connectivity index (χ2v) is 22.4. The average molecular weight is 930 g/mol. The molecular weight excluding hydrogens is 867 g/mol. The zero-order chi connectivity index (χ0) is 47.6. The molecule has 0 saturated heterocycles. The summed E-state index contributed by atoms with van der Waals surface area (Å²) in [5.74, 6) is 3.39. The van der Waals surface area contributed by atoms with Crippen LogP contribution in [0.4, 0.5) is 17.1 Å². The largest absolute Gasteiger partial charge is 0.310 e. The molecule has 5 fully saturated rings. The van der Waals surface area contributed by atoms with Gasteiger partial charge in [-0.1, -0.05) is 207 Å². The molecule has 0 unspecified atom stereocenters. The van der Waals surface area contributed by atoms with Crippen molar-refractivity contribution in [1.82, 2.24) is 0 Å². The van der Waals surface area contributed by atoms with Gasteiger partial charge in [0.1, 0.15) is 0 Å². The van der Waals surface area contributed by atoms with Crippen molar-refractivity contribution in [3.05, 3.63) is 258 Å². The Labute approximate surface area is 427 Å². The zero-order valence-electron chi connectivity index (χ0n) is 41.4. The standard InChI is InChI=1S/C71H63N/c1-5-17-52(18-6-1)53-29-31-55(32-30-53)62-25-13-14-26-63(62)56-33-37-60(38-34-56)72(61-39-35-57(36-40-61)70-46-49-41-50(47-70)43-51(42-49)48-70)69-45-68-66(44-65(69)54-19-7-2-8-20-54)64-27-15-16-28-67(64)71(68,58-21-9-3-10-22-58)59-23-11-4-12-24-59/h2-4,7-16,19-40,44-45,49-52H,1,5-6,17-18,41-43,46-48H2. The van der Waals surface area contributed by atoms with Crippen LogP contribution < -0.4 is 4.90 Å². The lowest BCUT2D eigenvalue weighted by Crippen LogP contribution is -2.48. The van der Waals surface area contributed by atoms with E-state index in [1.54, 1.807) is 5.56 Å². The van der Waals surface area contributed by atoms with Crippen LogP contribution in [0.2, 0.25) is 0 Å². The highest BCUT2D eigenvalue weighted by Crippen LogP contribution is 2.62. The summed E-state index contributed by atoms with van der Waals surface area (Å²) in [6.45, 7) is 0. The monoisotopic (exact) mass is 929 g/mol. The van der Waals surface area contributed by atoms with E-state index in [0.29, 0.717) is 11.3 Å². The number of hydrogen-bond acceptors (Lipinski definition) is 1. The predicted molar refractivity (Wildman–Crippen MR) is 300 cm³/mol. The lowest BCUT2D eigenvalue weighted by molar-refractivity contribution is -0.00518. The van der Waals surface area contributed by atoms with Gasteiger partial charge in [0.25, 0.3) is 0 Å². The Morgan fingerprint density at radius 2 is 0.819 bits per heavy atom. The summed E-state index contributed by atoms with van der Waals surface area (Å²) in [5, 5.41) is 0. The fourth-order valence-electron chi connectivity index (χ4n) is 15.5. The molecule has 4 bridgehead atoms. The van der Waals surface area contributed by atoms with Gasteiger partial charge >= 0.3 is 0 Å². The molecule has 5 saturated carbocycles. The molecule has 0 spiro atoms. The molecule has 6 aliphatic carbocycles. The molecule has 0 N–H and O–H groups in total. The average Bonchev–Trinajstić information content (AvgIpc) is 3.74. The molecule has 0 aliphatic heterocycles. The number of rotatable bonds is 10. The van der Waals surface area contributed by atoms with Gasteiger partial charge in [0, 0.05) is 16.9 Å². The second kappa shape index (κ2) is 17.8. The first-order chi connectivity index (χ1) is 35.6. The molecule has 6 aliphatic rings. The van der Waals surface area contributed by atoms with Gasteiger partial charge in [-0.25, -0.2) is 0 Å². The molecular formula is C71H63N. The molecule has 0 atom stereocenters. The van der Waals surface area contributed by atoms with Crippen LogP contribution in [0.15, 0.2) is 224 Å². The van der Waals surface area contributed by atoms with Crippen molar-refractivity contribution >= 4 is 17.1 Å². The highest BCUT2D eigenvalue weighted by molar-refractivity contribution is 5.97. The first kappa shape index (κ1) is 43.6. The van der Waals surface area contributed by atoms with E-state index >= 15 is 0 Å². The minimum atomic E-state index is -0.533. The van der Waals surface area contributed by atoms with E-state index in [4.69, 9.17) is 0 Å². The summed E-state index contributed by atoms with van der Waals surface area (Å²) in [6, 6.07) is 85.9. The minimum absolute atomic E-state index is 0.322. The molecule has 72 heavy (non-hydrogen) atoms. The first-order valence-corrected chi connectivity index (χ1v) is 27.3. The highest BCUT2D eigenvalue weighted by atomic mass is 15.1. The summed E-state index contributed by atoms with van der Waals surface area (Å²) in [4.78, 5) is 2.58. The Morgan fingerprint density at radius 3 is 1.39 bits per heavy atom. The quantitative estimate of drug-likeness (QED) is 0.132. The van der Waals surface area contributed by atoms with Crippen molar-refractivity contribution in [2.24, 2.45) is 17.8 Å². The van der Waals surface area contributed by atoms with Crippen LogP contribution in [0.1, 0.15) is 110 Å². The fraction of sp³-hybridized carbons (Fsp3) is 0.239. The summed E-state index contributed by atoms with van der Waals surface area (Å²) in [7, 11) is 0. The first-order valence-electron chi connectivity index (χ1n) is 27.3. The number of fused-ring (bicyclic) bond motifs is 3. The van der Waals surface area contributed by atoms with Crippen molar-refractivity contribution in [2.75, 3.05) is 4.90 Å². The Kier molecular flexibility index (Phi) is 10.8. The second-order valence-electron chi connectivity index (χ2n) is 22.4. The van der Waals surface area contributed by atoms with Crippen molar-refractivity contribution < 1.29 is 0 Å². The normalized spacial score (nSPS) is 21.5. The van der Waals surface area contributed by atoms with Gasteiger partial charge in [-0.05, 0) is 189 Å². The van der Waals surface area contributed by atoms with E-state index in [0.717, 1.165) is 23.4 Å². The zero-order valence-corrected chi connectivity index (χ0v) is 41.4. The maximum absolute atomic E-state index is 2.58. The summed E-state index contributed by atoms with van der Waals surface area (Å²) < 4.78 is 0. The van der Waals surface area contributed by atoms with Crippen LogP contribution in [-0.4, -0.2) is 0 Å². The van der Waals surface area contributed by atoms with Gasteiger partial charge in [-0.3, -0.25) is 0 Å². The van der Waals surface area contributed by atoms with Crippen molar-refractivity contribution in [3.63, 3.8) is 0 Å². The molecule has 0 radical (unpaired) electrons. The van der Waals surface area contributed by atoms with Crippen LogP contribution in [-0.2, 0) is 10.8 Å². The Hall–Kier alpha value is -7.22. The van der Waals surface area contributed by atoms with Crippen LogP contribution >= 0.6 is 0 Å². The van der Waals surface area contributed by atoms with Gasteiger partial charge in [0.15, 0.2) is 0 Å². The predicted octanol–water partition coefficient (Wildman–Crippen LogP) is 19.0. The van der Waals surface area contributed by atoms with Gasteiger partial charge in [0.2, 0.25) is 0 Å². The lowest BCUT2D eigenvalue weighted by atomic mass is 9.48. The van der Waals surface area contributed by atoms with Crippen molar-refractivity contribution in [2.45, 2.75) is 87.4 Å². The number of benzene rings is 9. The van der Waals surface area contributed by atoms with Gasteiger partial charge in [0.05, 0.1) is 11.1 Å². The third-order valence-corrected chi connectivity index (χ3v) is 18.3. The fourth-order valence-corrected chi connectivity index (χ4v) is 15.5. The summed E-state index contributed by atoms with van der Waals surface area (Å²) in [5.41, 5.74) is 21.6. The van der Waals surface area contributed by atoms with Crippen LogP contribution in [0.3, 0.4) is 0 Å². The molecule has 1 nitrogen and oxygen atoms in total. The van der Waals surface area contributed by atoms with Gasteiger partial charge in [-0.15, -0.1) is 0 Å². The summed E-state index contributed by atoms with van der Waals surface area (Å²) >= 11 is 0. The van der Waals surface area contributed by atoms with E-state index in [9.17, 15) is 0 Å². The highest BCUT2D eigenvalue weighted by Gasteiger charge is 2.52. The third kappa shape index (κ3) is 7.25. The van der Waals surface area contributed by atoms with Crippen LogP contribution in [0.25, 0.3) is 44.5 Å². The molecule has 9 aromatic rings. The van der Waals surface area contributed by atoms with Crippen molar-refractivity contribution in [3.8, 4) is 44.5 Å². The lowest BCUT2D eigenvalue weighted by Gasteiger charge is -2.57. The van der Waals surface area contributed by atoms with Gasteiger partial charge < -0.3 is 4.90 Å². The Balaban J connectivity index is 0.952. The maximum Gasteiger partial charge on any atom is 0.0714 e. The topological polar surface area (TPSA) is 3.24 Å². The van der Waals surface area contributed by atoms with E-state index in [-0.39, 0.29) is 0 Å². The molecule has 9 aromatic carbocycles. The number of anilines is 3. The molecule has 15 rings (SSSR count). The molecule has 0 heterocycles. The van der Waals surface area contributed by atoms with Crippen LogP contribution in [0.5, 0.6) is 0 Å². The summed E-state index contributed by atoms with van der Waals surface area (Å²) in [6.07, 6.45) is 15.2. The SMILES string of the molecule is c1ccc(-c2cc3c(cc2N(c2ccc(-c4ccccc4-c4ccc(C5CCCCC5)cc4)cc2)c2ccc(C45CC6CC(CC(C6)C4)C5)cc2)C(c2ccccc2)(c2ccccc2)c2ccccc2-3)cc1. The van der Waals surface area contributed by atoms with Gasteiger partial charge in [-0.2, -0.15) is 0 Å².